The van der Waals surface area contributed by atoms with E-state index in [1.807, 2.05) is 0 Å². The van der Waals surface area contributed by atoms with Gasteiger partial charge in [-0.3, -0.25) is 14.9 Å². The van der Waals surface area contributed by atoms with E-state index in [4.69, 9.17) is 0 Å². The van der Waals surface area contributed by atoms with Crippen LogP contribution in [0.25, 0.3) is 0 Å². The number of nitrogens with zero attached hydrogens (tertiary/aromatic N) is 3. The van der Waals surface area contributed by atoms with Crippen LogP contribution in [0.2, 0.25) is 0 Å². The van der Waals surface area contributed by atoms with Crippen LogP contribution in [0, 0.1) is 16.0 Å². The van der Waals surface area contributed by atoms with Crippen molar-refractivity contribution in [2.24, 2.45) is 5.92 Å². The Morgan fingerprint density at radius 1 is 1.15 bits per heavy atom. The Morgan fingerprint density at radius 2 is 1.77 bits per heavy atom. The summed E-state index contributed by atoms with van der Waals surface area (Å²) in [6.07, 6.45) is 2.15. The molecule has 1 heterocycles. The normalized spacial score (nSPS) is 10.5. The number of hydrogen-bond donors (Lipinski definition) is 3. The summed E-state index contributed by atoms with van der Waals surface area (Å²) in [7, 11) is 0. The lowest BCUT2D eigenvalue weighted by atomic mass is 10.1. The van der Waals surface area contributed by atoms with Gasteiger partial charge in [0.2, 0.25) is 17.5 Å². The molecule has 3 N–H and O–H groups in total. The van der Waals surface area contributed by atoms with Crippen molar-refractivity contribution in [3.63, 3.8) is 0 Å². The summed E-state index contributed by atoms with van der Waals surface area (Å²) in [5.41, 5.74) is 1.03. The molecule has 0 fully saturated rings. The first kappa shape index (κ1) is 19.1. The molecule has 0 aliphatic carbocycles. The Balaban J connectivity index is 2.20. The van der Waals surface area contributed by atoms with Crippen LogP contribution < -0.4 is 16.0 Å². The van der Waals surface area contributed by atoms with Crippen molar-refractivity contribution in [1.82, 2.24) is 9.97 Å². The van der Waals surface area contributed by atoms with E-state index in [9.17, 15) is 14.9 Å². The second-order valence-corrected chi connectivity index (χ2v) is 6.17. The molecule has 1 amide bonds. The Labute approximate surface area is 151 Å². The van der Waals surface area contributed by atoms with Gasteiger partial charge in [-0.05, 0) is 36.6 Å². The number of carbonyl (C=O) groups excluding carboxylic acids is 1. The van der Waals surface area contributed by atoms with Crippen LogP contribution in [0.5, 0.6) is 0 Å². The van der Waals surface area contributed by atoms with Crippen LogP contribution in [0.3, 0.4) is 0 Å². The molecule has 0 bridgehead atoms. The molecule has 9 nitrogen and oxygen atoms in total. The van der Waals surface area contributed by atoms with E-state index in [0.29, 0.717) is 23.8 Å². The van der Waals surface area contributed by atoms with Gasteiger partial charge in [0.05, 0.1) is 4.92 Å². The molecular weight excluding hydrogens is 336 g/mol. The molecule has 0 unspecified atom stereocenters. The molecule has 138 valence electrons. The zero-order chi connectivity index (χ0) is 19.1. The molecule has 26 heavy (non-hydrogen) atoms. The average molecular weight is 358 g/mol. The topological polar surface area (TPSA) is 122 Å². The lowest BCUT2D eigenvalue weighted by molar-refractivity contribution is -0.383. The zero-order valence-electron chi connectivity index (χ0n) is 14.9. The monoisotopic (exact) mass is 358 g/mol. The first-order valence-corrected chi connectivity index (χ1v) is 8.24. The third-order valence-electron chi connectivity index (χ3n) is 3.49. The van der Waals surface area contributed by atoms with E-state index in [2.05, 4.69) is 39.8 Å². The van der Waals surface area contributed by atoms with Crippen LogP contribution in [0.4, 0.5) is 28.7 Å². The van der Waals surface area contributed by atoms with Gasteiger partial charge in [-0.1, -0.05) is 13.8 Å². The molecule has 1 aromatic heterocycles. The first-order chi connectivity index (χ1) is 12.4. The summed E-state index contributed by atoms with van der Waals surface area (Å²) in [6.45, 7) is 6.16. The molecule has 0 aliphatic heterocycles. The highest BCUT2D eigenvalue weighted by Crippen LogP contribution is 2.31. The fraction of sp³-hybridized carbons (Fsp3) is 0.353. The van der Waals surface area contributed by atoms with Gasteiger partial charge in [-0.2, -0.15) is 0 Å². The summed E-state index contributed by atoms with van der Waals surface area (Å²) in [4.78, 5) is 30.0. The second kappa shape index (κ2) is 8.75. The standard InChI is InChI=1S/C17H22N6O3/c1-11(2)8-9-18-16-15(23(25)26)17(20-10-19-16)22-14-6-4-13(5-7-14)21-12(3)24/h4-7,10-11H,8-9H2,1-3H3,(H,21,24)(H2,18,19,20,22). The minimum Gasteiger partial charge on any atom is -0.364 e. The Bertz CT molecular complexity index is 777. The molecule has 9 heteroatoms. The largest absolute Gasteiger partial charge is 0.364 e. The lowest BCUT2D eigenvalue weighted by Gasteiger charge is -2.11. The van der Waals surface area contributed by atoms with Crippen LogP contribution in [0.1, 0.15) is 27.2 Å². The number of aromatic nitrogens is 2. The number of nitro groups is 1. The van der Waals surface area contributed by atoms with Crippen molar-refractivity contribution in [2.45, 2.75) is 27.2 Å². The quantitative estimate of drug-likeness (QED) is 0.487. The number of carbonyl (C=O) groups is 1. The van der Waals surface area contributed by atoms with Gasteiger partial charge in [0.1, 0.15) is 6.33 Å². The van der Waals surface area contributed by atoms with E-state index < -0.39 is 4.92 Å². The van der Waals surface area contributed by atoms with Crippen LogP contribution in [0.15, 0.2) is 30.6 Å². The van der Waals surface area contributed by atoms with E-state index in [1.165, 1.54) is 13.3 Å². The van der Waals surface area contributed by atoms with E-state index in [1.54, 1.807) is 24.3 Å². The SMILES string of the molecule is CC(=O)Nc1ccc(Nc2ncnc(NCCC(C)C)c2[N+](=O)[O-])cc1. The number of anilines is 4. The number of benzene rings is 1. The first-order valence-electron chi connectivity index (χ1n) is 8.24. The van der Waals surface area contributed by atoms with Crippen molar-refractivity contribution in [3.8, 4) is 0 Å². The van der Waals surface area contributed by atoms with Gasteiger partial charge < -0.3 is 16.0 Å². The number of hydrogen-bond acceptors (Lipinski definition) is 7. The summed E-state index contributed by atoms with van der Waals surface area (Å²) in [5, 5.41) is 20.1. The molecule has 0 saturated carbocycles. The summed E-state index contributed by atoms with van der Waals surface area (Å²) >= 11 is 0. The van der Waals surface area contributed by atoms with Crippen molar-refractivity contribution >= 4 is 34.6 Å². The number of rotatable bonds is 8. The van der Waals surface area contributed by atoms with Crippen molar-refractivity contribution in [3.05, 3.63) is 40.7 Å². The van der Waals surface area contributed by atoms with Crippen molar-refractivity contribution in [1.29, 1.82) is 0 Å². The summed E-state index contributed by atoms with van der Waals surface area (Å²) < 4.78 is 0. The molecule has 2 rings (SSSR count). The zero-order valence-corrected chi connectivity index (χ0v) is 14.9. The van der Waals surface area contributed by atoms with Crippen molar-refractivity contribution in [2.75, 3.05) is 22.5 Å². The molecule has 2 aromatic rings. The van der Waals surface area contributed by atoms with Crippen LogP contribution in [-0.2, 0) is 4.79 Å². The number of amides is 1. The third-order valence-corrected chi connectivity index (χ3v) is 3.49. The smallest absolute Gasteiger partial charge is 0.353 e. The molecule has 0 spiro atoms. The summed E-state index contributed by atoms with van der Waals surface area (Å²) in [6, 6.07) is 6.78. The molecule has 0 atom stereocenters. The second-order valence-electron chi connectivity index (χ2n) is 6.17. The van der Waals surface area contributed by atoms with Gasteiger partial charge in [-0.15, -0.1) is 0 Å². The highest BCUT2D eigenvalue weighted by Gasteiger charge is 2.23. The van der Waals surface area contributed by atoms with Gasteiger partial charge in [0.25, 0.3) is 0 Å². The van der Waals surface area contributed by atoms with Gasteiger partial charge in [0, 0.05) is 24.8 Å². The highest BCUT2D eigenvalue weighted by atomic mass is 16.6. The Morgan fingerprint density at radius 3 is 2.35 bits per heavy atom. The minimum atomic E-state index is -0.508. The number of nitrogens with one attached hydrogen (secondary N) is 3. The Hall–Kier alpha value is -3.23. The van der Waals surface area contributed by atoms with E-state index in [-0.39, 0.29) is 23.2 Å². The van der Waals surface area contributed by atoms with Crippen molar-refractivity contribution < 1.29 is 9.72 Å². The molecule has 0 saturated heterocycles. The molecule has 0 radical (unpaired) electrons. The summed E-state index contributed by atoms with van der Waals surface area (Å²) in [5.74, 6) is 0.588. The van der Waals surface area contributed by atoms with Crippen LogP contribution in [-0.4, -0.2) is 27.3 Å². The molecule has 1 aromatic carbocycles. The molecule has 0 aliphatic rings. The minimum absolute atomic E-state index is 0.101. The third kappa shape index (κ3) is 5.40. The van der Waals surface area contributed by atoms with Gasteiger partial charge in [-0.25, -0.2) is 9.97 Å². The maximum absolute atomic E-state index is 11.5. The average Bonchev–Trinajstić information content (AvgIpc) is 2.55. The lowest BCUT2D eigenvalue weighted by Crippen LogP contribution is -2.10. The fourth-order valence-electron chi connectivity index (χ4n) is 2.23. The fourth-order valence-corrected chi connectivity index (χ4v) is 2.23. The molecular formula is C17H22N6O3. The maximum atomic E-state index is 11.5. The maximum Gasteiger partial charge on any atom is 0.353 e. The highest BCUT2D eigenvalue weighted by molar-refractivity contribution is 5.89. The predicted molar refractivity (Wildman–Crippen MR) is 101 cm³/mol. The predicted octanol–water partition coefficient (Wildman–Crippen LogP) is 3.54. The van der Waals surface area contributed by atoms with Gasteiger partial charge >= 0.3 is 5.69 Å². The van der Waals surface area contributed by atoms with Crippen LogP contribution >= 0.6 is 0 Å². The van der Waals surface area contributed by atoms with E-state index >= 15 is 0 Å². The van der Waals surface area contributed by atoms with E-state index in [0.717, 1.165) is 6.42 Å². The Kier molecular flexibility index (Phi) is 6.42. The van der Waals surface area contributed by atoms with Gasteiger partial charge in [0.15, 0.2) is 0 Å².